The van der Waals surface area contributed by atoms with Crippen LogP contribution in [0.3, 0.4) is 0 Å². The predicted octanol–water partition coefficient (Wildman–Crippen LogP) is 0.0235. The normalized spacial score (nSPS) is 8.62. The maximum absolute atomic E-state index is 3.87. The molecule has 13 heavy (non-hydrogen) atoms. The minimum absolute atomic E-state index is 0. The molecule has 2 rings (SSSR count). The van der Waals surface area contributed by atoms with Crippen LogP contribution in [-0.2, 0) is 19.5 Å². The maximum Gasteiger partial charge on any atom is 2.00 e. The van der Waals surface area contributed by atoms with Crippen molar-refractivity contribution in [1.82, 2.24) is 0 Å². The molecule has 0 N–H and O–H groups in total. The molecule has 0 amide bonds. The number of halogens is 1. The molecule has 62 valence electrons. The third-order valence-electron chi connectivity index (χ3n) is 1.81. The zero-order valence-corrected chi connectivity index (χ0v) is 11.1. The first-order valence-corrected chi connectivity index (χ1v) is 3.67. The van der Waals surface area contributed by atoms with E-state index in [0.717, 1.165) is 5.56 Å². The Morgan fingerprint density at radius 3 is 2.15 bits per heavy atom. The second kappa shape index (κ2) is 5.26. The average molecular weight is 242 g/mol. The summed E-state index contributed by atoms with van der Waals surface area (Å²) in [7, 11) is 0. The van der Waals surface area contributed by atoms with Gasteiger partial charge < -0.3 is 12.4 Å². The first kappa shape index (κ1) is 12.5. The summed E-state index contributed by atoms with van der Waals surface area (Å²) in [4.78, 5) is 0. The fourth-order valence-electron chi connectivity index (χ4n) is 1.24. The molecule has 2 aromatic carbocycles. The van der Waals surface area contributed by atoms with Crippen molar-refractivity contribution in [2.45, 2.75) is 0 Å². The third kappa shape index (κ3) is 2.72. The van der Waals surface area contributed by atoms with E-state index in [1.54, 1.807) is 0 Å². The molecule has 0 heterocycles. The summed E-state index contributed by atoms with van der Waals surface area (Å²) in [5.41, 5.74) is 1.07. The molecule has 2 heteroatoms. The topological polar surface area (TPSA) is 0 Å². The van der Waals surface area contributed by atoms with Gasteiger partial charge in [-0.2, -0.15) is 24.6 Å². The van der Waals surface area contributed by atoms with E-state index in [-0.39, 0.29) is 31.9 Å². The van der Waals surface area contributed by atoms with Crippen LogP contribution in [0.4, 0.5) is 0 Å². The Kier molecular flexibility index (Phi) is 5.06. The van der Waals surface area contributed by atoms with Crippen LogP contribution in [0.2, 0.25) is 0 Å². The van der Waals surface area contributed by atoms with Gasteiger partial charge in [-0.1, -0.05) is 29.7 Å². The van der Waals surface area contributed by atoms with Gasteiger partial charge in [0.25, 0.3) is 0 Å². The number of hydrogen-bond donors (Lipinski definition) is 0. The average Bonchev–Trinajstić information content (AvgIpc) is 2.04. The summed E-state index contributed by atoms with van der Waals surface area (Å²) in [6, 6.07) is 14.5. The molecule has 0 radical (unpaired) electrons. The van der Waals surface area contributed by atoms with Crippen LogP contribution in [0, 0.1) is 6.92 Å². The van der Waals surface area contributed by atoms with Crippen molar-refractivity contribution < 1.29 is 31.9 Å². The van der Waals surface area contributed by atoms with Crippen LogP contribution < -0.4 is 12.4 Å². The van der Waals surface area contributed by atoms with E-state index in [1.807, 2.05) is 18.2 Å². The predicted molar refractivity (Wildman–Crippen MR) is 48.4 cm³/mol. The molecule has 2 aromatic rings. The van der Waals surface area contributed by atoms with E-state index in [2.05, 4.69) is 31.2 Å². The van der Waals surface area contributed by atoms with Crippen molar-refractivity contribution in [3.63, 3.8) is 0 Å². The van der Waals surface area contributed by atoms with Gasteiger partial charge in [0.15, 0.2) is 0 Å². The molecule has 0 nitrogen and oxygen atoms in total. The fraction of sp³-hybridized carbons (Fsp3) is 0. The molecule has 0 aromatic heterocycles. The van der Waals surface area contributed by atoms with Crippen molar-refractivity contribution in [1.29, 1.82) is 0 Å². The summed E-state index contributed by atoms with van der Waals surface area (Å²) in [5, 5.41) is 2.54. The fourth-order valence-corrected chi connectivity index (χ4v) is 1.24. The van der Waals surface area contributed by atoms with Crippen LogP contribution in [0.1, 0.15) is 5.56 Å². The summed E-state index contributed by atoms with van der Waals surface area (Å²) < 4.78 is 0. The van der Waals surface area contributed by atoms with Crippen LogP contribution in [0.5, 0.6) is 0 Å². The summed E-state index contributed by atoms with van der Waals surface area (Å²) in [5.74, 6) is 0. The molecule has 0 fully saturated rings. The Balaban J connectivity index is 0.000000720. The van der Waals surface area contributed by atoms with Gasteiger partial charge in [0.05, 0.1) is 0 Å². The largest absolute Gasteiger partial charge is 2.00 e. The zero-order chi connectivity index (χ0) is 7.68. The van der Waals surface area contributed by atoms with Crippen LogP contribution >= 0.6 is 0 Å². The van der Waals surface area contributed by atoms with E-state index in [9.17, 15) is 0 Å². The minimum atomic E-state index is 0. The second-order valence-corrected chi connectivity index (χ2v) is 2.68. The molecule has 0 aliphatic carbocycles. The number of benzene rings is 2. The molecule has 0 saturated heterocycles. The Bertz CT molecular complexity index is 385. The van der Waals surface area contributed by atoms with Gasteiger partial charge in [0.2, 0.25) is 0 Å². The Hall–Kier alpha value is -0.517. The maximum atomic E-state index is 3.87. The molecule has 0 bridgehead atoms. The monoisotopic (exact) mass is 240 g/mol. The Morgan fingerprint density at radius 2 is 1.46 bits per heavy atom. The molecule has 0 atom stereocenters. The standard InChI is InChI=1S/C11H9.ClH.Zn/c1-9-6-7-10-4-2-3-5-11(10)8-9;;/h2-8H,1H2;1H;/q-1;;+2/p-1. The molecule has 0 saturated carbocycles. The first-order chi connectivity index (χ1) is 5.36. The van der Waals surface area contributed by atoms with Crippen molar-refractivity contribution in [3.8, 4) is 0 Å². The van der Waals surface area contributed by atoms with Crippen molar-refractivity contribution >= 4 is 10.8 Å². The molecule has 0 spiro atoms. The quantitative estimate of drug-likeness (QED) is 0.451. The molecule has 0 aliphatic rings. The van der Waals surface area contributed by atoms with Gasteiger partial charge in [0.1, 0.15) is 0 Å². The van der Waals surface area contributed by atoms with Gasteiger partial charge in [-0.05, 0) is 5.39 Å². The first-order valence-electron chi connectivity index (χ1n) is 3.67. The van der Waals surface area contributed by atoms with E-state index in [4.69, 9.17) is 0 Å². The van der Waals surface area contributed by atoms with E-state index in [1.165, 1.54) is 10.8 Å². The minimum Gasteiger partial charge on any atom is -1.00 e. The van der Waals surface area contributed by atoms with Crippen LogP contribution in [0.15, 0.2) is 42.5 Å². The SMILES string of the molecule is [CH2-]c1ccc2ccccc2c1.[Cl-].[Zn+2]. The number of fused-ring (bicyclic) bond motifs is 1. The summed E-state index contributed by atoms with van der Waals surface area (Å²) in [6.45, 7) is 3.87. The van der Waals surface area contributed by atoms with Crippen LogP contribution in [-0.4, -0.2) is 0 Å². The summed E-state index contributed by atoms with van der Waals surface area (Å²) >= 11 is 0. The van der Waals surface area contributed by atoms with Gasteiger partial charge in [-0.25, -0.2) is 0 Å². The number of hydrogen-bond acceptors (Lipinski definition) is 0. The Labute approximate surface area is 97.5 Å². The molecular formula is C11H9ClZn. The second-order valence-electron chi connectivity index (χ2n) is 2.68. The van der Waals surface area contributed by atoms with Gasteiger partial charge in [-0.15, -0.1) is 6.07 Å². The van der Waals surface area contributed by atoms with Gasteiger partial charge >= 0.3 is 19.5 Å². The number of rotatable bonds is 0. The van der Waals surface area contributed by atoms with Crippen molar-refractivity contribution in [3.05, 3.63) is 55.0 Å². The Morgan fingerprint density at radius 1 is 0.846 bits per heavy atom. The zero-order valence-electron chi connectivity index (χ0n) is 7.33. The molecule has 0 unspecified atom stereocenters. The van der Waals surface area contributed by atoms with Crippen molar-refractivity contribution in [2.24, 2.45) is 0 Å². The van der Waals surface area contributed by atoms with E-state index < -0.39 is 0 Å². The molecule has 0 aliphatic heterocycles. The van der Waals surface area contributed by atoms with Crippen LogP contribution in [0.25, 0.3) is 10.8 Å². The molecular weight excluding hydrogens is 233 g/mol. The van der Waals surface area contributed by atoms with Crippen molar-refractivity contribution in [2.75, 3.05) is 0 Å². The third-order valence-corrected chi connectivity index (χ3v) is 1.81. The smallest absolute Gasteiger partial charge is 1.00 e. The van der Waals surface area contributed by atoms with E-state index >= 15 is 0 Å². The van der Waals surface area contributed by atoms with Gasteiger partial charge in [0, 0.05) is 0 Å². The van der Waals surface area contributed by atoms with Gasteiger partial charge in [-0.3, -0.25) is 0 Å². The van der Waals surface area contributed by atoms with E-state index in [0.29, 0.717) is 0 Å². The summed E-state index contributed by atoms with van der Waals surface area (Å²) in [6.07, 6.45) is 0.